The number of rotatable bonds is 5. The molecule has 23 heavy (non-hydrogen) atoms. The number of carbonyl (C=O) groups excluding carboxylic acids is 2. The van der Waals surface area contributed by atoms with Crippen LogP contribution in [0.3, 0.4) is 0 Å². The number of esters is 1. The molecule has 1 amide bonds. The van der Waals surface area contributed by atoms with Gasteiger partial charge in [0.05, 0.1) is 23.3 Å². The number of amides is 1. The summed E-state index contributed by atoms with van der Waals surface area (Å²) in [6.07, 6.45) is 0.394. The lowest BCUT2D eigenvalue weighted by atomic mass is 10.0. The van der Waals surface area contributed by atoms with E-state index < -0.39 is 5.25 Å². The van der Waals surface area contributed by atoms with Gasteiger partial charge in [-0.15, -0.1) is 11.8 Å². The summed E-state index contributed by atoms with van der Waals surface area (Å²) in [6.45, 7) is 3.89. The van der Waals surface area contributed by atoms with Crippen LogP contribution in [-0.4, -0.2) is 35.2 Å². The number of nitrogens with zero attached hydrogens (tertiary/aromatic N) is 1. The number of hydrogen-bond acceptors (Lipinski definition) is 5. The van der Waals surface area contributed by atoms with E-state index in [1.807, 2.05) is 6.92 Å². The van der Waals surface area contributed by atoms with E-state index in [2.05, 4.69) is 10.5 Å². The Balaban J connectivity index is 2.10. The molecule has 2 rings (SSSR count). The number of hydrogen-bond donors (Lipinski definition) is 1. The lowest BCUT2D eigenvalue weighted by Gasteiger charge is -2.21. The molecule has 0 aliphatic carbocycles. The monoisotopic (exact) mass is 374 g/mol. The fourth-order valence-electron chi connectivity index (χ4n) is 2.01. The molecule has 1 aliphatic heterocycles. The maximum absolute atomic E-state index is 11.9. The third-order valence-electron chi connectivity index (χ3n) is 3.29. The molecule has 0 saturated heterocycles. The number of carbonyl (C=O) groups is 2. The zero-order chi connectivity index (χ0) is 17.0. The summed E-state index contributed by atoms with van der Waals surface area (Å²) in [6, 6.07) is 3.54. The molecule has 1 unspecified atom stereocenters. The minimum atomic E-state index is -0.411. The van der Waals surface area contributed by atoms with Crippen molar-refractivity contribution in [2.75, 3.05) is 12.4 Å². The maximum Gasteiger partial charge on any atom is 0.315 e. The molecule has 1 N–H and O–H groups in total. The van der Waals surface area contributed by atoms with Gasteiger partial charge >= 0.3 is 5.97 Å². The van der Waals surface area contributed by atoms with Crippen LogP contribution in [0.4, 0.5) is 0 Å². The SMILES string of the molecule is CCOC(=O)CSC1CC(c2cc(Cl)c(C)c(Cl)c2)=NNC1=O. The highest BCUT2D eigenvalue weighted by Crippen LogP contribution is 2.28. The van der Waals surface area contributed by atoms with Crippen LogP contribution in [-0.2, 0) is 14.3 Å². The Labute approximate surface area is 148 Å². The molecular formula is C15H16Cl2N2O3S. The van der Waals surface area contributed by atoms with Gasteiger partial charge in [0.25, 0.3) is 5.91 Å². The van der Waals surface area contributed by atoms with Crippen LogP contribution in [0, 0.1) is 6.92 Å². The second kappa shape index (κ2) is 8.04. The van der Waals surface area contributed by atoms with Gasteiger partial charge in [-0.05, 0) is 31.5 Å². The van der Waals surface area contributed by atoms with Crippen molar-refractivity contribution in [3.05, 3.63) is 33.3 Å². The highest BCUT2D eigenvalue weighted by molar-refractivity contribution is 8.01. The highest BCUT2D eigenvalue weighted by atomic mass is 35.5. The van der Waals surface area contributed by atoms with E-state index in [-0.39, 0.29) is 17.6 Å². The number of thioether (sulfide) groups is 1. The summed E-state index contributed by atoms with van der Waals surface area (Å²) in [4.78, 5) is 23.3. The van der Waals surface area contributed by atoms with E-state index >= 15 is 0 Å². The Bertz CT molecular complexity index is 641. The lowest BCUT2D eigenvalue weighted by molar-refractivity contribution is -0.139. The molecule has 5 nitrogen and oxygen atoms in total. The average Bonchev–Trinajstić information content (AvgIpc) is 2.51. The van der Waals surface area contributed by atoms with Crippen LogP contribution >= 0.6 is 35.0 Å². The van der Waals surface area contributed by atoms with E-state index in [4.69, 9.17) is 27.9 Å². The summed E-state index contributed by atoms with van der Waals surface area (Å²) >= 11 is 13.5. The van der Waals surface area contributed by atoms with Gasteiger partial charge in [0.1, 0.15) is 0 Å². The standard InChI is InChI=1S/C15H16Cl2N2O3S/c1-3-22-14(20)7-23-13-6-12(18-19-15(13)21)9-4-10(16)8(2)11(17)5-9/h4-5,13H,3,6-7H2,1-2H3,(H,19,21). The summed E-state index contributed by atoms with van der Waals surface area (Å²) in [5.41, 5.74) is 4.71. The Morgan fingerprint density at radius 2 is 2.09 bits per heavy atom. The predicted octanol–water partition coefficient (Wildman–Crippen LogP) is 3.19. The van der Waals surface area contributed by atoms with Gasteiger partial charge in [0.2, 0.25) is 0 Å². The molecule has 1 heterocycles. The third kappa shape index (κ3) is 4.62. The second-order valence-electron chi connectivity index (χ2n) is 4.91. The normalized spacial score (nSPS) is 17.5. The maximum atomic E-state index is 11.9. The van der Waals surface area contributed by atoms with E-state index in [9.17, 15) is 9.59 Å². The van der Waals surface area contributed by atoms with E-state index in [0.29, 0.717) is 28.8 Å². The molecule has 0 aromatic heterocycles. The first-order chi connectivity index (χ1) is 10.9. The van der Waals surface area contributed by atoms with Gasteiger partial charge in [-0.3, -0.25) is 9.59 Å². The van der Waals surface area contributed by atoms with Gasteiger partial charge in [0.15, 0.2) is 0 Å². The number of ether oxygens (including phenoxy) is 1. The fourth-order valence-corrected chi connectivity index (χ4v) is 3.40. The molecule has 0 bridgehead atoms. The van der Waals surface area contributed by atoms with Gasteiger partial charge < -0.3 is 4.74 Å². The molecule has 0 fully saturated rings. The number of hydrazone groups is 1. The Kier molecular flexibility index (Phi) is 6.33. The Morgan fingerprint density at radius 1 is 1.43 bits per heavy atom. The quantitative estimate of drug-likeness (QED) is 0.803. The largest absolute Gasteiger partial charge is 0.465 e. The van der Waals surface area contributed by atoms with Crippen molar-refractivity contribution in [1.29, 1.82) is 0 Å². The molecule has 1 atom stereocenters. The topological polar surface area (TPSA) is 67.8 Å². The molecule has 1 aromatic carbocycles. The minimum absolute atomic E-state index is 0.120. The highest BCUT2D eigenvalue weighted by Gasteiger charge is 2.27. The first kappa shape index (κ1) is 18.1. The van der Waals surface area contributed by atoms with Crippen molar-refractivity contribution >= 4 is 52.6 Å². The van der Waals surface area contributed by atoms with E-state index in [1.165, 1.54) is 11.8 Å². The molecule has 1 aliphatic rings. The first-order valence-electron chi connectivity index (χ1n) is 7.02. The van der Waals surface area contributed by atoms with Crippen LogP contribution in [0.2, 0.25) is 10.0 Å². The van der Waals surface area contributed by atoms with Crippen molar-refractivity contribution in [3.63, 3.8) is 0 Å². The Morgan fingerprint density at radius 3 is 2.70 bits per heavy atom. The van der Waals surface area contributed by atoms with Crippen molar-refractivity contribution < 1.29 is 14.3 Å². The molecule has 0 radical (unpaired) electrons. The van der Waals surface area contributed by atoms with Crippen molar-refractivity contribution in [2.24, 2.45) is 5.10 Å². The zero-order valence-electron chi connectivity index (χ0n) is 12.7. The number of benzene rings is 1. The van der Waals surface area contributed by atoms with Crippen LogP contribution in [0.1, 0.15) is 24.5 Å². The van der Waals surface area contributed by atoms with Gasteiger partial charge in [-0.25, -0.2) is 5.43 Å². The predicted molar refractivity (Wildman–Crippen MR) is 93.4 cm³/mol. The van der Waals surface area contributed by atoms with E-state index in [0.717, 1.165) is 11.1 Å². The van der Waals surface area contributed by atoms with Crippen molar-refractivity contribution in [3.8, 4) is 0 Å². The number of nitrogens with one attached hydrogen (secondary N) is 1. The molecule has 0 saturated carbocycles. The minimum Gasteiger partial charge on any atom is -0.465 e. The third-order valence-corrected chi connectivity index (χ3v) is 5.26. The van der Waals surface area contributed by atoms with Gasteiger partial charge in [-0.2, -0.15) is 5.10 Å². The van der Waals surface area contributed by atoms with Gasteiger partial charge in [-0.1, -0.05) is 23.2 Å². The molecule has 1 aromatic rings. The van der Waals surface area contributed by atoms with Crippen LogP contribution < -0.4 is 5.43 Å². The van der Waals surface area contributed by atoms with Crippen LogP contribution in [0.25, 0.3) is 0 Å². The average molecular weight is 375 g/mol. The summed E-state index contributed by atoms with van der Waals surface area (Å²) in [5.74, 6) is -0.447. The summed E-state index contributed by atoms with van der Waals surface area (Å²) < 4.78 is 4.87. The van der Waals surface area contributed by atoms with Crippen LogP contribution in [0.15, 0.2) is 17.2 Å². The van der Waals surface area contributed by atoms with E-state index in [1.54, 1.807) is 19.1 Å². The van der Waals surface area contributed by atoms with Crippen molar-refractivity contribution in [1.82, 2.24) is 5.43 Å². The fraction of sp³-hybridized carbons (Fsp3) is 0.400. The summed E-state index contributed by atoms with van der Waals surface area (Å²) in [7, 11) is 0. The Hall–Kier alpha value is -1.24. The zero-order valence-corrected chi connectivity index (χ0v) is 15.0. The number of halogens is 2. The smallest absolute Gasteiger partial charge is 0.315 e. The lowest BCUT2D eigenvalue weighted by Crippen LogP contribution is -2.37. The molecular weight excluding hydrogens is 359 g/mol. The van der Waals surface area contributed by atoms with Crippen molar-refractivity contribution in [2.45, 2.75) is 25.5 Å². The second-order valence-corrected chi connectivity index (χ2v) is 6.91. The van der Waals surface area contributed by atoms with Gasteiger partial charge in [0, 0.05) is 22.0 Å². The summed E-state index contributed by atoms with van der Waals surface area (Å²) in [5, 5.41) is 4.75. The molecule has 124 valence electrons. The molecule has 8 heteroatoms. The first-order valence-corrected chi connectivity index (χ1v) is 8.82. The van der Waals surface area contributed by atoms with Crippen LogP contribution in [0.5, 0.6) is 0 Å². The molecule has 0 spiro atoms.